The van der Waals surface area contributed by atoms with Crippen molar-refractivity contribution in [2.75, 3.05) is 0 Å². The summed E-state index contributed by atoms with van der Waals surface area (Å²) in [7, 11) is 0. The van der Waals surface area contributed by atoms with Gasteiger partial charge in [0.05, 0.1) is 15.9 Å². The molecule has 0 aliphatic heterocycles. The summed E-state index contributed by atoms with van der Waals surface area (Å²) in [5, 5.41) is 21.7. The second kappa shape index (κ2) is 6.00. The molecule has 0 spiro atoms. The van der Waals surface area contributed by atoms with Gasteiger partial charge < -0.3 is 4.74 Å². The molecule has 0 amide bonds. The summed E-state index contributed by atoms with van der Waals surface area (Å²) < 4.78 is 5.56. The normalized spacial score (nSPS) is 10.1. The maximum absolute atomic E-state index is 11.0. The highest BCUT2D eigenvalue weighted by Crippen LogP contribution is 2.35. The van der Waals surface area contributed by atoms with Crippen LogP contribution < -0.4 is 4.74 Å². The smallest absolute Gasteiger partial charge is 0.318 e. The molecule has 108 valence electrons. The van der Waals surface area contributed by atoms with Gasteiger partial charge in [-0.2, -0.15) is 0 Å². The quantitative estimate of drug-likeness (QED) is 0.614. The molecule has 2 aromatic carbocycles. The molecule has 0 atom stereocenters. The first-order valence-corrected chi connectivity index (χ1v) is 6.21. The SMILES string of the molecule is CCc1ccccc1Oc1ccc([N+](=O)[O-])cc1[N+](=O)[O-]. The lowest BCUT2D eigenvalue weighted by Crippen LogP contribution is -1.97. The molecular weight excluding hydrogens is 276 g/mol. The number of nitro groups is 2. The van der Waals surface area contributed by atoms with Crippen LogP contribution >= 0.6 is 0 Å². The molecule has 2 aromatic rings. The molecular formula is C14H12N2O5. The summed E-state index contributed by atoms with van der Waals surface area (Å²) in [5.41, 5.74) is 0.109. The van der Waals surface area contributed by atoms with Gasteiger partial charge in [-0.05, 0) is 24.1 Å². The number of nitro benzene ring substituents is 2. The minimum absolute atomic E-state index is 0.0218. The zero-order valence-electron chi connectivity index (χ0n) is 11.2. The summed E-state index contributed by atoms with van der Waals surface area (Å²) in [4.78, 5) is 20.4. The van der Waals surface area contributed by atoms with E-state index < -0.39 is 15.5 Å². The lowest BCUT2D eigenvalue weighted by Gasteiger charge is -2.09. The number of nitrogens with zero attached hydrogens (tertiary/aromatic N) is 2. The van der Waals surface area contributed by atoms with Crippen LogP contribution in [0.4, 0.5) is 11.4 Å². The topological polar surface area (TPSA) is 95.5 Å². The second-order valence-electron chi connectivity index (χ2n) is 4.23. The Morgan fingerprint density at radius 1 is 1.00 bits per heavy atom. The highest BCUT2D eigenvalue weighted by molar-refractivity contribution is 5.55. The van der Waals surface area contributed by atoms with E-state index in [1.165, 1.54) is 12.1 Å². The van der Waals surface area contributed by atoms with Crippen LogP contribution in [0.25, 0.3) is 0 Å². The van der Waals surface area contributed by atoms with E-state index in [2.05, 4.69) is 0 Å². The van der Waals surface area contributed by atoms with Crippen molar-refractivity contribution in [3.63, 3.8) is 0 Å². The van der Waals surface area contributed by atoms with E-state index in [0.717, 1.165) is 11.6 Å². The first-order chi connectivity index (χ1) is 10.0. The molecule has 0 fully saturated rings. The Bertz CT molecular complexity index is 700. The fourth-order valence-electron chi connectivity index (χ4n) is 1.86. The zero-order chi connectivity index (χ0) is 15.4. The number of para-hydroxylation sites is 1. The van der Waals surface area contributed by atoms with Crippen molar-refractivity contribution in [3.8, 4) is 11.5 Å². The molecule has 0 aromatic heterocycles. The van der Waals surface area contributed by atoms with Crippen LogP contribution in [0.2, 0.25) is 0 Å². The van der Waals surface area contributed by atoms with Gasteiger partial charge in [0.2, 0.25) is 5.75 Å². The Kier molecular flexibility index (Phi) is 4.13. The maximum Gasteiger partial charge on any atom is 0.318 e. The van der Waals surface area contributed by atoms with E-state index in [0.29, 0.717) is 12.2 Å². The minimum Gasteiger partial charge on any atom is -0.450 e. The molecule has 0 saturated heterocycles. The fraction of sp³-hybridized carbons (Fsp3) is 0.143. The average Bonchev–Trinajstić information content (AvgIpc) is 2.47. The van der Waals surface area contributed by atoms with Gasteiger partial charge in [0, 0.05) is 6.07 Å². The van der Waals surface area contributed by atoms with Gasteiger partial charge in [0.15, 0.2) is 0 Å². The van der Waals surface area contributed by atoms with Gasteiger partial charge in [-0.25, -0.2) is 0 Å². The van der Waals surface area contributed by atoms with Crippen LogP contribution in [0.1, 0.15) is 12.5 Å². The molecule has 0 saturated carbocycles. The Morgan fingerprint density at radius 3 is 2.33 bits per heavy atom. The Hall–Kier alpha value is -2.96. The standard InChI is InChI=1S/C14H12N2O5/c1-2-10-5-3-4-6-13(10)21-14-8-7-11(15(17)18)9-12(14)16(19)20/h3-9H,2H2,1H3. The van der Waals surface area contributed by atoms with Crippen LogP contribution in [0.5, 0.6) is 11.5 Å². The van der Waals surface area contributed by atoms with Gasteiger partial charge in [-0.15, -0.1) is 0 Å². The zero-order valence-corrected chi connectivity index (χ0v) is 11.2. The Balaban J connectivity index is 2.44. The van der Waals surface area contributed by atoms with E-state index in [9.17, 15) is 20.2 Å². The monoisotopic (exact) mass is 288 g/mol. The molecule has 0 aliphatic rings. The van der Waals surface area contributed by atoms with E-state index in [1.807, 2.05) is 19.1 Å². The predicted octanol–water partition coefficient (Wildman–Crippen LogP) is 3.86. The molecule has 7 nitrogen and oxygen atoms in total. The number of hydrogen-bond donors (Lipinski definition) is 0. The number of hydrogen-bond acceptors (Lipinski definition) is 5. The van der Waals surface area contributed by atoms with Crippen molar-refractivity contribution < 1.29 is 14.6 Å². The number of ether oxygens (including phenoxy) is 1. The van der Waals surface area contributed by atoms with E-state index >= 15 is 0 Å². The van der Waals surface area contributed by atoms with Crippen LogP contribution in [0.15, 0.2) is 42.5 Å². The van der Waals surface area contributed by atoms with Gasteiger partial charge in [-0.1, -0.05) is 25.1 Å². The third kappa shape index (κ3) is 3.14. The molecule has 0 unspecified atom stereocenters. The van der Waals surface area contributed by atoms with E-state index in [4.69, 9.17) is 4.74 Å². The summed E-state index contributed by atoms with van der Waals surface area (Å²) in [6.07, 6.45) is 0.705. The maximum atomic E-state index is 11.0. The fourth-order valence-corrected chi connectivity index (χ4v) is 1.86. The summed E-state index contributed by atoms with van der Waals surface area (Å²) >= 11 is 0. The van der Waals surface area contributed by atoms with Crippen LogP contribution in [-0.4, -0.2) is 9.85 Å². The molecule has 0 radical (unpaired) electrons. The van der Waals surface area contributed by atoms with Crippen molar-refractivity contribution in [2.45, 2.75) is 13.3 Å². The molecule has 0 aliphatic carbocycles. The van der Waals surface area contributed by atoms with E-state index in [-0.39, 0.29) is 11.4 Å². The summed E-state index contributed by atoms with van der Waals surface area (Å²) in [5.74, 6) is 0.475. The van der Waals surface area contributed by atoms with E-state index in [1.54, 1.807) is 12.1 Å². The molecule has 0 N–H and O–H groups in total. The highest BCUT2D eigenvalue weighted by Gasteiger charge is 2.21. The van der Waals surface area contributed by atoms with Gasteiger partial charge >= 0.3 is 5.69 Å². The lowest BCUT2D eigenvalue weighted by molar-refractivity contribution is -0.394. The van der Waals surface area contributed by atoms with Crippen LogP contribution in [-0.2, 0) is 6.42 Å². The highest BCUT2D eigenvalue weighted by atomic mass is 16.6. The number of benzene rings is 2. The van der Waals surface area contributed by atoms with Crippen molar-refractivity contribution in [2.24, 2.45) is 0 Å². The average molecular weight is 288 g/mol. The molecule has 0 bridgehead atoms. The third-order valence-electron chi connectivity index (χ3n) is 2.92. The van der Waals surface area contributed by atoms with Crippen LogP contribution in [0, 0.1) is 20.2 Å². The molecule has 2 rings (SSSR count). The molecule has 0 heterocycles. The first-order valence-electron chi connectivity index (χ1n) is 6.21. The van der Waals surface area contributed by atoms with Crippen molar-refractivity contribution in [3.05, 3.63) is 68.3 Å². The number of rotatable bonds is 5. The van der Waals surface area contributed by atoms with Crippen molar-refractivity contribution in [1.82, 2.24) is 0 Å². The third-order valence-corrected chi connectivity index (χ3v) is 2.92. The summed E-state index contributed by atoms with van der Waals surface area (Å²) in [6, 6.07) is 10.5. The van der Waals surface area contributed by atoms with Gasteiger partial charge in [0.25, 0.3) is 5.69 Å². The number of non-ortho nitro benzene ring substituents is 1. The summed E-state index contributed by atoms with van der Waals surface area (Å²) in [6.45, 7) is 1.94. The predicted molar refractivity (Wildman–Crippen MR) is 75.6 cm³/mol. The molecule has 21 heavy (non-hydrogen) atoms. The lowest BCUT2D eigenvalue weighted by atomic mass is 10.1. The minimum atomic E-state index is -0.698. The van der Waals surface area contributed by atoms with Gasteiger partial charge in [-0.3, -0.25) is 20.2 Å². The Morgan fingerprint density at radius 2 is 1.71 bits per heavy atom. The van der Waals surface area contributed by atoms with Crippen LogP contribution in [0.3, 0.4) is 0 Å². The van der Waals surface area contributed by atoms with Crippen molar-refractivity contribution in [1.29, 1.82) is 0 Å². The number of aryl methyl sites for hydroxylation is 1. The second-order valence-corrected chi connectivity index (χ2v) is 4.23. The van der Waals surface area contributed by atoms with Gasteiger partial charge in [0.1, 0.15) is 5.75 Å². The van der Waals surface area contributed by atoms with Crippen molar-refractivity contribution >= 4 is 11.4 Å². The first kappa shape index (κ1) is 14.4. The Labute approximate surface area is 120 Å². The largest absolute Gasteiger partial charge is 0.450 e. The molecule has 7 heteroatoms.